The molecule has 1 aromatic carbocycles. The molecule has 5 nitrogen and oxygen atoms in total. The van der Waals surface area contributed by atoms with Gasteiger partial charge in [0.1, 0.15) is 6.61 Å². The van der Waals surface area contributed by atoms with E-state index in [0.717, 1.165) is 31.5 Å². The maximum atomic E-state index is 12.0. The summed E-state index contributed by atoms with van der Waals surface area (Å²) in [6, 6.07) is 9.51. The minimum Gasteiger partial charge on any atom is -0.469 e. The number of ether oxygens (including phenoxy) is 2. The lowest BCUT2D eigenvalue weighted by atomic mass is 9.83. The zero-order valence-corrected chi connectivity index (χ0v) is 12.9. The third kappa shape index (κ3) is 4.84. The largest absolute Gasteiger partial charge is 0.469 e. The Morgan fingerprint density at radius 1 is 1.23 bits per heavy atom. The molecule has 0 aromatic heterocycles. The van der Waals surface area contributed by atoms with Gasteiger partial charge in [-0.25, -0.2) is 0 Å². The Balaban J connectivity index is 1.88. The number of nitrogens with one attached hydrogen (secondary N) is 1. The van der Waals surface area contributed by atoms with Gasteiger partial charge in [0.2, 0.25) is 0 Å². The summed E-state index contributed by atoms with van der Waals surface area (Å²) in [5.41, 5.74) is 0.937. The molecule has 0 spiro atoms. The molecule has 0 aliphatic carbocycles. The molecule has 0 unspecified atom stereocenters. The summed E-state index contributed by atoms with van der Waals surface area (Å²) >= 11 is 0. The van der Waals surface area contributed by atoms with E-state index in [1.54, 1.807) is 0 Å². The highest BCUT2D eigenvalue weighted by molar-refractivity contribution is 5.80. The van der Waals surface area contributed by atoms with Crippen molar-refractivity contribution in [2.45, 2.75) is 25.9 Å². The molecule has 1 atom stereocenters. The van der Waals surface area contributed by atoms with Gasteiger partial charge in [-0.05, 0) is 37.4 Å². The van der Waals surface area contributed by atoms with E-state index in [9.17, 15) is 9.59 Å². The SMILES string of the molecule is COC(=O)[C@@H](CC(=O)OCc1ccccc1)C1CCNCC1. The summed E-state index contributed by atoms with van der Waals surface area (Å²) in [7, 11) is 1.37. The summed E-state index contributed by atoms with van der Waals surface area (Å²) in [6.45, 7) is 1.98. The van der Waals surface area contributed by atoms with Gasteiger partial charge >= 0.3 is 11.9 Å². The molecule has 2 rings (SSSR count). The monoisotopic (exact) mass is 305 g/mol. The first-order chi connectivity index (χ1) is 10.7. The molecule has 1 fully saturated rings. The second kappa shape index (κ2) is 8.54. The van der Waals surface area contributed by atoms with E-state index in [1.807, 2.05) is 30.3 Å². The molecule has 1 aliphatic rings. The van der Waals surface area contributed by atoms with Gasteiger partial charge in [-0.2, -0.15) is 0 Å². The highest BCUT2D eigenvalue weighted by atomic mass is 16.5. The number of hydrogen-bond donors (Lipinski definition) is 1. The third-order valence-corrected chi connectivity index (χ3v) is 4.09. The lowest BCUT2D eigenvalue weighted by Gasteiger charge is -2.28. The molecule has 0 bridgehead atoms. The van der Waals surface area contributed by atoms with Crippen molar-refractivity contribution in [3.05, 3.63) is 35.9 Å². The van der Waals surface area contributed by atoms with Crippen molar-refractivity contribution in [3.8, 4) is 0 Å². The number of esters is 2. The fraction of sp³-hybridized carbons (Fsp3) is 0.529. The van der Waals surface area contributed by atoms with Crippen LogP contribution < -0.4 is 5.32 Å². The van der Waals surface area contributed by atoms with E-state index in [2.05, 4.69) is 5.32 Å². The molecular formula is C17H23NO4. The summed E-state index contributed by atoms with van der Waals surface area (Å²) in [4.78, 5) is 24.0. The Morgan fingerprint density at radius 3 is 2.55 bits per heavy atom. The van der Waals surface area contributed by atoms with Crippen LogP contribution >= 0.6 is 0 Å². The molecule has 1 saturated heterocycles. The Bertz CT molecular complexity index is 483. The Kier molecular flexibility index (Phi) is 6.40. The molecule has 1 aliphatic heterocycles. The van der Waals surface area contributed by atoms with Crippen molar-refractivity contribution in [1.29, 1.82) is 0 Å². The zero-order chi connectivity index (χ0) is 15.8. The van der Waals surface area contributed by atoms with Crippen molar-refractivity contribution in [3.63, 3.8) is 0 Å². The van der Waals surface area contributed by atoms with Crippen LogP contribution in [0.15, 0.2) is 30.3 Å². The van der Waals surface area contributed by atoms with Crippen molar-refractivity contribution in [1.82, 2.24) is 5.32 Å². The highest BCUT2D eigenvalue weighted by Gasteiger charge is 2.32. The topological polar surface area (TPSA) is 64.6 Å². The van der Waals surface area contributed by atoms with E-state index in [1.165, 1.54) is 7.11 Å². The molecule has 1 aromatic rings. The average Bonchev–Trinajstić information content (AvgIpc) is 2.59. The highest BCUT2D eigenvalue weighted by Crippen LogP contribution is 2.26. The fourth-order valence-electron chi connectivity index (χ4n) is 2.82. The zero-order valence-electron chi connectivity index (χ0n) is 12.9. The third-order valence-electron chi connectivity index (χ3n) is 4.09. The fourth-order valence-corrected chi connectivity index (χ4v) is 2.82. The van der Waals surface area contributed by atoms with Gasteiger partial charge in [-0.3, -0.25) is 9.59 Å². The molecule has 0 radical (unpaired) electrons. The van der Waals surface area contributed by atoms with Crippen LogP contribution in [-0.4, -0.2) is 32.1 Å². The molecule has 0 saturated carbocycles. The van der Waals surface area contributed by atoms with Crippen molar-refractivity contribution >= 4 is 11.9 Å². The molecule has 5 heteroatoms. The van der Waals surface area contributed by atoms with E-state index in [-0.39, 0.29) is 30.9 Å². The predicted molar refractivity (Wildman–Crippen MR) is 82.0 cm³/mol. The summed E-state index contributed by atoms with van der Waals surface area (Å²) in [6.07, 6.45) is 1.85. The number of piperidine rings is 1. The number of carbonyl (C=O) groups excluding carboxylic acids is 2. The van der Waals surface area contributed by atoms with Gasteiger partial charge in [0.25, 0.3) is 0 Å². The van der Waals surface area contributed by atoms with Crippen molar-refractivity contribution < 1.29 is 19.1 Å². The number of benzene rings is 1. The minimum absolute atomic E-state index is 0.0875. The van der Waals surface area contributed by atoms with Crippen LogP contribution in [0, 0.1) is 11.8 Å². The lowest BCUT2D eigenvalue weighted by molar-refractivity contribution is -0.156. The first-order valence-corrected chi connectivity index (χ1v) is 7.69. The van der Waals surface area contributed by atoms with Crippen LogP contribution in [0.5, 0.6) is 0 Å². The number of hydrogen-bond acceptors (Lipinski definition) is 5. The quantitative estimate of drug-likeness (QED) is 0.813. The van der Waals surface area contributed by atoms with Crippen LogP contribution in [0.25, 0.3) is 0 Å². The second-order valence-corrected chi connectivity index (χ2v) is 5.57. The van der Waals surface area contributed by atoms with Crippen LogP contribution in [0.2, 0.25) is 0 Å². The van der Waals surface area contributed by atoms with Crippen molar-refractivity contribution in [2.24, 2.45) is 11.8 Å². The first-order valence-electron chi connectivity index (χ1n) is 7.69. The van der Waals surface area contributed by atoms with Crippen LogP contribution in [0.4, 0.5) is 0 Å². The number of carbonyl (C=O) groups is 2. The standard InChI is InChI=1S/C17H23NO4/c1-21-17(20)15(14-7-9-18-10-8-14)11-16(19)22-12-13-5-3-2-4-6-13/h2-6,14-15,18H,7-12H2,1H3/t15-/m0/s1. The van der Waals surface area contributed by atoms with Gasteiger partial charge in [-0.15, -0.1) is 0 Å². The molecular weight excluding hydrogens is 282 g/mol. The number of methoxy groups -OCH3 is 1. The first kappa shape index (κ1) is 16.5. The van der Waals surface area contributed by atoms with E-state index < -0.39 is 5.92 Å². The molecule has 0 amide bonds. The summed E-state index contributed by atoms with van der Waals surface area (Å²) in [5, 5.41) is 3.26. The molecule has 1 N–H and O–H groups in total. The average molecular weight is 305 g/mol. The normalized spacial score (nSPS) is 16.8. The minimum atomic E-state index is -0.407. The molecule has 1 heterocycles. The van der Waals surface area contributed by atoms with Gasteiger partial charge < -0.3 is 14.8 Å². The van der Waals surface area contributed by atoms with E-state index >= 15 is 0 Å². The van der Waals surface area contributed by atoms with Crippen LogP contribution in [0.3, 0.4) is 0 Å². The van der Waals surface area contributed by atoms with Gasteiger partial charge in [0.05, 0.1) is 19.4 Å². The lowest BCUT2D eigenvalue weighted by Crippen LogP contribution is -2.36. The second-order valence-electron chi connectivity index (χ2n) is 5.57. The maximum absolute atomic E-state index is 12.0. The molecule has 22 heavy (non-hydrogen) atoms. The molecule has 120 valence electrons. The van der Waals surface area contributed by atoms with Gasteiger partial charge in [0.15, 0.2) is 0 Å². The van der Waals surface area contributed by atoms with E-state index in [0.29, 0.717) is 0 Å². The number of rotatable bonds is 6. The van der Waals surface area contributed by atoms with Gasteiger partial charge in [-0.1, -0.05) is 30.3 Å². The Morgan fingerprint density at radius 2 is 1.91 bits per heavy atom. The summed E-state index contributed by atoms with van der Waals surface area (Å²) < 4.78 is 10.1. The smallest absolute Gasteiger partial charge is 0.309 e. The van der Waals surface area contributed by atoms with Gasteiger partial charge in [0, 0.05) is 0 Å². The Labute approximate surface area is 131 Å². The Hall–Kier alpha value is -1.88. The van der Waals surface area contributed by atoms with Crippen molar-refractivity contribution in [2.75, 3.05) is 20.2 Å². The van der Waals surface area contributed by atoms with Crippen LogP contribution in [0.1, 0.15) is 24.8 Å². The maximum Gasteiger partial charge on any atom is 0.309 e. The predicted octanol–water partition coefficient (Wildman–Crippen LogP) is 1.91. The van der Waals surface area contributed by atoms with Crippen LogP contribution in [-0.2, 0) is 25.7 Å². The summed E-state index contributed by atoms with van der Waals surface area (Å²) in [5.74, 6) is -0.894. The van der Waals surface area contributed by atoms with E-state index in [4.69, 9.17) is 9.47 Å².